The molecule has 1 fully saturated rings. The van der Waals surface area contributed by atoms with Crippen LogP contribution in [0.3, 0.4) is 0 Å². The summed E-state index contributed by atoms with van der Waals surface area (Å²) in [6.45, 7) is 0. The molecule has 0 radical (unpaired) electrons. The first-order chi connectivity index (χ1) is 4.36. The first-order valence-corrected chi connectivity index (χ1v) is 4.33. The molecule has 1 rings (SSSR count). The molecular formula is C6H12INO. The van der Waals surface area contributed by atoms with Crippen LogP contribution in [-0.4, -0.2) is 19.3 Å². The van der Waals surface area contributed by atoms with Crippen LogP contribution in [0.2, 0.25) is 0 Å². The van der Waals surface area contributed by atoms with E-state index in [0.717, 1.165) is 0 Å². The van der Waals surface area contributed by atoms with Crippen molar-refractivity contribution in [3.63, 3.8) is 0 Å². The largest absolute Gasteiger partial charge is 0.381 e. The van der Waals surface area contributed by atoms with E-state index in [0.29, 0.717) is 12.1 Å². The van der Waals surface area contributed by atoms with Gasteiger partial charge in [0, 0.05) is 36.0 Å². The highest BCUT2D eigenvalue weighted by Crippen LogP contribution is 2.21. The Morgan fingerprint density at radius 1 is 1.56 bits per heavy atom. The van der Waals surface area contributed by atoms with E-state index in [1.807, 2.05) is 0 Å². The third kappa shape index (κ3) is 2.05. The summed E-state index contributed by atoms with van der Waals surface area (Å²) in [5.41, 5.74) is 0. The van der Waals surface area contributed by atoms with Crippen molar-refractivity contribution in [1.29, 1.82) is 0 Å². The maximum Gasteiger partial charge on any atom is 0.0587 e. The van der Waals surface area contributed by atoms with Gasteiger partial charge in [-0.15, -0.1) is 0 Å². The predicted octanol–water partition coefficient (Wildman–Crippen LogP) is 1.49. The van der Waals surface area contributed by atoms with Gasteiger partial charge in [-0.3, -0.25) is 3.53 Å². The summed E-state index contributed by atoms with van der Waals surface area (Å²) in [4.78, 5) is 0. The highest BCUT2D eigenvalue weighted by atomic mass is 127. The molecule has 0 spiro atoms. The second kappa shape index (κ2) is 3.73. The first kappa shape index (κ1) is 7.75. The van der Waals surface area contributed by atoms with E-state index in [9.17, 15) is 0 Å². The van der Waals surface area contributed by atoms with Gasteiger partial charge in [-0.1, -0.05) is 0 Å². The highest BCUT2D eigenvalue weighted by Gasteiger charge is 2.22. The van der Waals surface area contributed by atoms with Crippen LogP contribution in [0.15, 0.2) is 0 Å². The van der Waals surface area contributed by atoms with E-state index in [2.05, 4.69) is 26.4 Å². The summed E-state index contributed by atoms with van der Waals surface area (Å²) in [7, 11) is 1.79. The Morgan fingerprint density at radius 3 is 2.67 bits per heavy atom. The van der Waals surface area contributed by atoms with Gasteiger partial charge in [0.25, 0.3) is 0 Å². The number of ether oxygens (including phenoxy) is 1. The van der Waals surface area contributed by atoms with Gasteiger partial charge in [-0.05, 0) is 19.3 Å². The van der Waals surface area contributed by atoms with Gasteiger partial charge in [-0.25, -0.2) is 0 Å². The maximum absolute atomic E-state index is 5.20. The Morgan fingerprint density at radius 2 is 2.33 bits per heavy atom. The third-order valence-corrected chi connectivity index (χ3v) is 2.75. The predicted molar refractivity (Wildman–Crippen MR) is 45.6 cm³/mol. The quantitative estimate of drug-likeness (QED) is 0.584. The van der Waals surface area contributed by atoms with Crippen molar-refractivity contribution in [2.24, 2.45) is 0 Å². The Kier molecular flexibility index (Phi) is 3.21. The number of halogens is 1. The van der Waals surface area contributed by atoms with Crippen LogP contribution in [0.4, 0.5) is 0 Å². The molecule has 0 aromatic carbocycles. The van der Waals surface area contributed by atoms with E-state index >= 15 is 0 Å². The zero-order chi connectivity index (χ0) is 6.69. The average molecular weight is 241 g/mol. The fourth-order valence-electron chi connectivity index (χ4n) is 1.25. The molecule has 1 saturated carbocycles. The smallest absolute Gasteiger partial charge is 0.0587 e. The molecule has 0 heterocycles. The summed E-state index contributed by atoms with van der Waals surface area (Å²) in [5.74, 6) is 0. The van der Waals surface area contributed by atoms with Crippen LogP contribution in [0.5, 0.6) is 0 Å². The minimum absolute atomic E-state index is 0.511. The van der Waals surface area contributed by atoms with Crippen LogP contribution >= 0.6 is 22.9 Å². The Hall–Kier alpha value is 0.650. The van der Waals surface area contributed by atoms with E-state index in [1.165, 1.54) is 19.3 Å². The summed E-state index contributed by atoms with van der Waals surface area (Å²) in [6.07, 6.45) is 4.18. The molecule has 1 aliphatic rings. The molecule has 1 aliphatic carbocycles. The standard InChI is InChI=1S/C6H12INO/c1-9-6-3-2-5(4-6)8-7/h5-6,8H,2-4H2,1H3/t5-,6+/m1/s1. The van der Waals surface area contributed by atoms with E-state index in [-0.39, 0.29) is 0 Å². The zero-order valence-corrected chi connectivity index (χ0v) is 7.72. The second-order valence-electron chi connectivity index (χ2n) is 2.48. The van der Waals surface area contributed by atoms with Crippen LogP contribution < -0.4 is 3.53 Å². The molecule has 2 atom stereocenters. The van der Waals surface area contributed by atoms with E-state index in [4.69, 9.17) is 4.74 Å². The van der Waals surface area contributed by atoms with E-state index in [1.54, 1.807) is 7.11 Å². The SMILES string of the molecule is CO[C@H]1CC[C@@H](NI)C1. The molecule has 0 aliphatic heterocycles. The van der Waals surface area contributed by atoms with Crippen molar-refractivity contribution in [3.8, 4) is 0 Å². The van der Waals surface area contributed by atoms with Crippen LogP contribution in [0, 0.1) is 0 Å². The monoisotopic (exact) mass is 241 g/mol. The molecular weight excluding hydrogens is 229 g/mol. The van der Waals surface area contributed by atoms with Crippen molar-refractivity contribution < 1.29 is 4.74 Å². The normalized spacial score (nSPS) is 35.3. The molecule has 0 aromatic heterocycles. The van der Waals surface area contributed by atoms with Gasteiger partial charge in [0.1, 0.15) is 0 Å². The molecule has 0 amide bonds. The van der Waals surface area contributed by atoms with Crippen LogP contribution in [0.25, 0.3) is 0 Å². The summed E-state index contributed by atoms with van der Waals surface area (Å²) in [6, 6.07) is 0.690. The fourth-order valence-corrected chi connectivity index (χ4v) is 1.82. The lowest BCUT2D eigenvalue weighted by atomic mass is 10.3. The number of hydrogen-bond acceptors (Lipinski definition) is 2. The lowest BCUT2D eigenvalue weighted by molar-refractivity contribution is 0.108. The zero-order valence-electron chi connectivity index (χ0n) is 5.56. The van der Waals surface area contributed by atoms with Crippen molar-refractivity contribution in [3.05, 3.63) is 0 Å². The lowest BCUT2D eigenvalue weighted by Crippen LogP contribution is -2.17. The topological polar surface area (TPSA) is 21.3 Å². The molecule has 9 heavy (non-hydrogen) atoms. The van der Waals surface area contributed by atoms with Crippen LogP contribution in [0.1, 0.15) is 19.3 Å². The number of rotatable bonds is 2. The number of hydrogen-bond donors (Lipinski definition) is 1. The Labute approximate surface area is 69.8 Å². The minimum atomic E-state index is 0.511. The number of methoxy groups -OCH3 is 1. The molecule has 0 bridgehead atoms. The lowest BCUT2D eigenvalue weighted by Gasteiger charge is -2.06. The van der Waals surface area contributed by atoms with Crippen LogP contribution in [-0.2, 0) is 4.74 Å². The third-order valence-electron chi connectivity index (χ3n) is 1.87. The van der Waals surface area contributed by atoms with Gasteiger partial charge in [0.05, 0.1) is 6.10 Å². The van der Waals surface area contributed by atoms with Crippen molar-refractivity contribution in [2.75, 3.05) is 7.11 Å². The molecule has 0 unspecified atom stereocenters. The molecule has 3 heteroatoms. The van der Waals surface area contributed by atoms with Gasteiger partial charge in [0.15, 0.2) is 0 Å². The van der Waals surface area contributed by atoms with Gasteiger partial charge in [-0.2, -0.15) is 0 Å². The summed E-state index contributed by atoms with van der Waals surface area (Å²) >= 11 is 2.21. The molecule has 2 nitrogen and oxygen atoms in total. The fraction of sp³-hybridized carbons (Fsp3) is 1.00. The van der Waals surface area contributed by atoms with E-state index < -0.39 is 0 Å². The first-order valence-electron chi connectivity index (χ1n) is 3.25. The Bertz CT molecular complexity index is 79.1. The average Bonchev–Trinajstić information content (AvgIpc) is 2.34. The van der Waals surface area contributed by atoms with Crippen molar-refractivity contribution >= 4 is 22.9 Å². The Balaban J connectivity index is 2.20. The van der Waals surface area contributed by atoms with Gasteiger partial charge < -0.3 is 4.74 Å². The molecule has 54 valence electrons. The van der Waals surface area contributed by atoms with Gasteiger partial charge >= 0.3 is 0 Å². The number of nitrogens with one attached hydrogen (secondary N) is 1. The highest BCUT2D eigenvalue weighted by molar-refractivity contribution is 14.1. The molecule has 0 aromatic rings. The summed E-state index contributed by atoms with van der Waals surface area (Å²) < 4.78 is 8.42. The van der Waals surface area contributed by atoms with Crippen molar-refractivity contribution in [1.82, 2.24) is 3.53 Å². The minimum Gasteiger partial charge on any atom is -0.381 e. The van der Waals surface area contributed by atoms with Gasteiger partial charge in [0.2, 0.25) is 0 Å². The second-order valence-corrected chi connectivity index (χ2v) is 3.10. The summed E-state index contributed by atoms with van der Waals surface area (Å²) in [5, 5.41) is 0. The maximum atomic E-state index is 5.20. The molecule has 0 saturated heterocycles. The van der Waals surface area contributed by atoms with Crippen molar-refractivity contribution in [2.45, 2.75) is 31.4 Å². The molecule has 1 N–H and O–H groups in total.